The van der Waals surface area contributed by atoms with E-state index in [1.54, 1.807) is 0 Å². The van der Waals surface area contributed by atoms with E-state index >= 15 is 0 Å². The Bertz CT molecular complexity index is 651. The maximum atomic E-state index is 9.52. The lowest BCUT2D eigenvalue weighted by Gasteiger charge is -2.20. The Morgan fingerprint density at radius 3 is 2.33 bits per heavy atom. The highest BCUT2D eigenvalue weighted by atomic mass is 16.3. The van der Waals surface area contributed by atoms with Gasteiger partial charge in [0.2, 0.25) is 0 Å². The number of nitrogens with zero attached hydrogens (tertiary/aromatic N) is 3. The lowest BCUT2D eigenvalue weighted by molar-refractivity contribution is 0.281. The molecule has 2 aromatic heterocycles. The Labute approximate surface area is 126 Å². The first-order valence-electron chi connectivity index (χ1n) is 7.45. The Kier molecular flexibility index (Phi) is 4.19. The van der Waals surface area contributed by atoms with Crippen LogP contribution in [0.3, 0.4) is 0 Å². The normalized spacial score (nSPS) is 12.0. The van der Waals surface area contributed by atoms with Gasteiger partial charge in [0, 0.05) is 16.8 Å². The standard InChI is InChI=1S/C17H25N3O/c1-7-14-11(2)19-20(12(14)3)16-9-13(10-21)8-15(18-16)17(4,5)6/h8-9,21H,7,10H2,1-6H3. The van der Waals surface area contributed by atoms with Crippen LogP contribution in [-0.4, -0.2) is 19.9 Å². The van der Waals surface area contributed by atoms with E-state index < -0.39 is 0 Å². The third-order valence-electron chi connectivity index (χ3n) is 3.83. The van der Waals surface area contributed by atoms with Crippen molar-refractivity contribution in [2.75, 3.05) is 0 Å². The van der Waals surface area contributed by atoms with Gasteiger partial charge in [0.25, 0.3) is 0 Å². The first-order valence-corrected chi connectivity index (χ1v) is 7.45. The topological polar surface area (TPSA) is 50.9 Å². The zero-order chi connectivity index (χ0) is 15.8. The summed E-state index contributed by atoms with van der Waals surface area (Å²) < 4.78 is 1.89. The number of aliphatic hydroxyl groups is 1. The molecule has 0 saturated carbocycles. The van der Waals surface area contributed by atoms with E-state index in [-0.39, 0.29) is 12.0 Å². The summed E-state index contributed by atoms with van der Waals surface area (Å²) in [6.07, 6.45) is 0.962. The van der Waals surface area contributed by atoms with Crippen molar-refractivity contribution in [1.82, 2.24) is 14.8 Å². The van der Waals surface area contributed by atoms with Crippen molar-refractivity contribution in [3.63, 3.8) is 0 Å². The van der Waals surface area contributed by atoms with Gasteiger partial charge in [-0.2, -0.15) is 5.10 Å². The molecule has 0 saturated heterocycles. The molecule has 0 aromatic carbocycles. The first-order chi connectivity index (χ1) is 9.77. The van der Waals surface area contributed by atoms with E-state index in [2.05, 4.69) is 39.7 Å². The van der Waals surface area contributed by atoms with Crippen LogP contribution in [0.1, 0.15) is 55.9 Å². The van der Waals surface area contributed by atoms with Crippen LogP contribution in [0.4, 0.5) is 0 Å². The van der Waals surface area contributed by atoms with Gasteiger partial charge in [-0.1, -0.05) is 27.7 Å². The second-order valence-corrected chi connectivity index (χ2v) is 6.54. The molecular weight excluding hydrogens is 262 g/mol. The van der Waals surface area contributed by atoms with E-state index in [0.29, 0.717) is 0 Å². The Hall–Kier alpha value is -1.68. The average molecular weight is 287 g/mol. The maximum absolute atomic E-state index is 9.52. The van der Waals surface area contributed by atoms with Gasteiger partial charge in [0.05, 0.1) is 12.3 Å². The highest BCUT2D eigenvalue weighted by molar-refractivity contribution is 5.37. The predicted molar refractivity (Wildman–Crippen MR) is 84.8 cm³/mol. The molecule has 1 N–H and O–H groups in total. The Morgan fingerprint density at radius 2 is 1.86 bits per heavy atom. The molecule has 21 heavy (non-hydrogen) atoms. The minimum atomic E-state index is -0.0659. The van der Waals surface area contributed by atoms with Crippen molar-refractivity contribution < 1.29 is 5.11 Å². The third-order valence-corrected chi connectivity index (χ3v) is 3.83. The quantitative estimate of drug-likeness (QED) is 0.943. The second kappa shape index (κ2) is 5.60. The lowest BCUT2D eigenvalue weighted by Crippen LogP contribution is -2.16. The molecule has 0 radical (unpaired) electrons. The number of aromatic nitrogens is 3. The maximum Gasteiger partial charge on any atom is 0.154 e. The zero-order valence-corrected chi connectivity index (χ0v) is 13.9. The summed E-state index contributed by atoms with van der Waals surface area (Å²) in [5.41, 5.74) is 5.21. The summed E-state index contributed by atoms with van der Waals surface area (Å²) in [5.74, 6) is 0.784. The Morgan fingerprint density at radius 1 is 1.19 bits per heavy atom. The van der Waals surface area contributed by atoms with Gasteiger partial charge in [-0.25, -0.2) is 9.67 Å². The van der Waals surface area contributed by atoms with Crippen LogP contribution in [-0.2, 0) is 18.4 Å². The van der Waals surface area contributed by atoms with Crippen LogP contribution in [0, 0.1) is 13.8 Å². The molecule has 2 heterocycles. The van der Waals surface area contributed by atoms with Gasteiger partial charge >= 0.3 is 0 Å². The number of pyridine rings is 1. The largest absolute Gasteiger partial charge is 0.392 e. The van der Waals surface area contributed by atoms with E-state index in [9.17, 15) is 5.11 Å². The van der Waals surface area contributed by atoms with Crippen LogP contribution in [0.5, 0.6) is 0 Å². The molecule has 4 nitrogen and oxygen atoms in total. The molecule has 0 bridgehead atoms. The van der Waals surface area contributed by atoms with Crippen LogP contribution in [0.2, 0.25) is 0 Å². The van der Waals surface area contributed by atoms with Crippen molar-refractivity contribution in [3.05, 3.63) is 40.3 Å². The molecule has 2 rings (SSSR count). The second-order valence-electron chi connectivity index (χ2n) is 6.54. The van der Waals surface area contributed by atoms with Crippen molar-refractivity contribution in [1.29, 1.82) is 0 Å². The molecule has 0 aliphatic rings. The molecule has 2 aromatic rings. The van der Waals surface area contributed by atoms with Crippen LogP contribution in [0.15, 0.2) is 12.1 Å². The predicted octanol–water partition coefficient (Wildman–Crippen LogP) is 3.24. The van der Waals surface area contributed by atoms with Gasteiger partial charge in [-0.3, -0.25) is 0 Å². The smallest absolute Gasteiger partial charge is 0.154 e. The van der Waals surface area contributed by atoms with Crippen molar-refractivity contribution >= 4 is 0 Å². The fourth-order valence-electron chi connectivity index (χ4n) is 2.56. The summed E-state index contributed by atoms with van der Waals surface area (Å²) >= 11 is 0. The van der Waals surface area contributed by atoms with Crippen LogP contribution < -0.4 is 0 Å². The molecule has 4 heteroatoms. The number of aliphatic hydroxyl groups excluding tert-OH is 1. The number of aryl methyl sites for hydroxylation is 1. The molecule has 0 fully saturated rings. The average Bonchev–Trinajstić information content (AvgIpc) is 2.72. The SMILES string of the molecule is CCc1c(C)nn(-c2cc(CO)cc(C(C)(C)C)n2)c1C. The molecule has 0 amide bonds. The highest BCUT2D eigenvalue weighted by Gasteiger charge is 2.19. The van der Waals surface area contributed by atoms with Gasteiger partial charge in [-0.05, 0) is 43.5 Å². The molecule has 114 valence electrons. The van der Waals surface area contributed by atoms with Gasteiger partial charge in [-0.15, -0.1) is 0 Å². The first kappa shape index (κ1) is 15.7. The minimum Gasteiger partial charge on any atom is -0.392 e. The number of hydrogen-bond acceptors (Lipinski definition) is 3. The summed E-state index contributed by atoms with van der Waals surface area (Å²) in [7, 11) is 0. The van der Waals surface area contributed by atoms with E-state index in [1.807, 2.05) is 23.7 Å². The number of hydrogen-bond donors (Lipinski definition) is 1. The molecule has 0 aliphatic carbocycles. The van der Waals surface area contributed by atoms with E-state index in [4.69, 9.17) is 4.98 Å². The minimum absolute atomic E-state index is 0.0124. The van der Waals surface area contributed by atoms with Crippen molar-refractivity contribution in [2.45, 2.75) is 60.0 Å². The summed E-state index contributed by atoms with van der Waals surface area (Å²) in [5, 5.41) is 14.1. The zero-order valence-electron chi connectivity index (χ0n) is 13.9. The summed E-state index contributed by atoms with van der Waals surface area (Å²) in [6.45, 7) is 12.6. The lowest BCUT2D eigenvalue weighted by atomic mass is 9.91. The molecule has 0 aliphatic heterocycles. The van der Waals surface area contributed by atoms with Gasteiger partial charge in [0.1, 0.15) is 0 Å². The van der Waals surface area contributed by atoms with Crippen LogP contribution in [0.25, 0.3) is 5.82 Å². The summed E-state index contributed by atoms with van der Waals surface area (Å²) in [4.78, 5) is 4.76. The van der Waals surface area contributed by atoms with Crippen LogP contribution >= 0.6 is 0 Å². The monoisotopic (exact) mass is 287 g/mol. The molecule has 0 atom stereocenters. The fraction of sp³-hybridized carbons (Fsp3) is 0.529. The third kappa shape index (κ3) is 3.00. The fourth-order valence-corrected chi connectivity index (χ4v) is 2.56. The number of rotatable bonds is 3. The highest BCUT2D eigenvalue weighted by Crippen LogP contribution is 2.24. The van der Waals surface area contributed by atoms with E-state index in [1.165, 1.54) is 5.56 Å². The van der Waals surface area contributed by atoms with Crippen molar-refractivity contribution in [3.8, 4) is 5.82 Å². The molecular formula is C17H25N3O. The van der Waals surface area contributed by atoms with E-state index in [0.717, 1.165) is 34.9 Å². The van der Waals surface area contributed by atoms with Crippen molar-refractivity contribution in [2.24, 2.45) is 0 Å². The molecule has 0 unspecified atom stereocenters. The van der Waals surface area contributed by atoms with Gasteiger partial charge in [0.15, 0.2) is 5.82 Å². The van der Waals surface area contributed by atoms with Gasteiger partial charge < -0.3 is 5.11 Å². The Balaban J connectivity index is 2.64. The molecule has 0 spiro atoms. The summed E-state index contributed by atoms with van der Waals surface area (Å²) in [6, 6.07) is 3.88.